The lowest BCUT2D eigenvalue weighted by atomic mass is 9.92. The van der Waals surface area contributed by atoms with Crippen molar-refractivity contribution in [3.63, 3.8) is 0 Å². The monoisotopic (exact) mass is 745 g/mol. The number of nitrogens with zero attached hydrogens (tertiary/aromatic N) is 4. The minimum absolute atomic E-state index is 0.00394. The molecule has 296 valence electrons. The Morgan fingerprint density at radius 1 is 0.796 bits per heavy atom. The molecule has 12 nitrogen and oxygen atoms in total. The number of hydrogen-bond donors (Lipinski definition) is 3. The van der Waals surface area contributed by atoms with Crippen LogP contribution in [-0.4, -0.2) is 71.3 Å². The zero-order chi connectivity index (χ0) is 38.5. The van der Waals surface area contributed by atoms with E-state index in [2.05, 4.69) is 66.9 Å². The number of pyridine rings is 3. The van der Waals surface area contributed by atoms with E-state index in [1.54, 1.807) is 14.2 Å². The van der Waals surface area contributed by atoms with E-state index < -0.39 is 0 Å². The molecule has 4 heterocycles. The summed E-state index contributed by atoms with van der Waals surface area (Å²) in [4.78, 5) is 34.9. The Kier molecular flexibility index (Phi) is 13.1. The fourth-order valence-corrected chi connectivity index (χ4v) is 8.57. The average molecular weight is 746 g/mol. The van der Waals surface area contributed by atoms with Crippen LogP contribution in [0.25, 0.3) is 0 Å². The van der Waals surface area contributed by atoms with E-state index in [0.29, 0.717) is 24.5 Å². The predicted molar refractivity (Wildman–Crippen MR) is 217 cm³/mol. The number of aromatic nitrogens is 3. The summed E-state index contributed by atoms with van der Waals surface area (Å²) in [6, 6.07) is 10.5. The Labute approximate surface area is 321 Å². The summed E-state index contributed by atoms with van der Waals surface area (Å²) in [5.41, 5.74) is 3.36. The predicted octanol–water partition coefficient (Wildman–Crippen LogP) is 7.27. The van der Waals surface area contributed by atoms with Crippen LogP contribution in [0.15, 0.2) is 52.3 Å². The first kappa shape index (κ1) is 39.8. The number of methoxy groups -OCH3 is 2. The van der Waals surface area contributed by atoms with Gasteiger partial charge in [-0.25, -0.2) is 4.98 Å². The van der Waals surface area contributed by atoms with Crippen molar-refractivity contribution in [3.05, 3.63) is 74.6 Å². The van der Waals surface area contributed by atoms with Crippen LogP contribution in [0.2, 0.25) is 0 Å². The average Bonchev–Trinajstić information content (AvgIpc) is 3.79. The van der Waals surface area contributed by atoms with Crippen molar-refractivity contribution >= 4 is 23.0 Å². The minimum atomic E-state index is -0.0839. The number of anilines is 4. The second-order valence-corrected chi connectivity index (χ2v) is 16.4. The molecule has 2 saturated carbocycles. The molecule has 0 aromatic carbocycles. The van der Waals surface area contributed by atoms with Crippen molar-refractivity contribution in [3.8, 4) is 0 Å². The van der Waals surface area contributed by atoms with E-state index >= 15 is 0 Å². The molecule has 12 heteroatoms. The molecule has 1 saturated heterocycles. The van der Waals surface area contributed by atoms with Crippen LogP contribution in [0.3, 0.4) is 0 Å². The second-order valence-electron chi connectivity index (χ2n) is 16.4. The van der Waals surface area contributed by atoms with E-state index in [1.807, 2.05) is 47.4 Å². The first-order valence-corrected chi connectivity index (χ1v) is 20.2. The Hall–Kier alpha value is -3.87. The van der Waals surface area contributed by atoms with Crippen molar-refractivity contribution in [2.75, 3.05) is 41.6 Å². The van der Waals surface area contributed by atoms with Crippen LogP contribution >= 0.6 is 0 Å². The maximum Gasteiger partial charge on any atom is 0.274 e. The standard InChI is InChI=1S/C42H63N7O5/c1-26(2)43-34-11-10-18-47(41(34)50)36-12-9-13-38(36)54-25-29-19-39(45-28(5)6)46-40(20-29)49-24-33(53-8)22-37(49)30-21-35(44-27(3)4)42(51)48(23-30)31-14-16-32(52-7)17-15-31/h10-11,18-21,23,26-28,31-33,36-38,43-44H,9,12-17,22,24-25H2,1-8H3,(H,45,46)/t31-,32-,33-,36+,37?,38-/m0/s1. The lowest BCUT2D eigenvalue weighted by molar-refractivity contribution is 0.0187. The maximum atomic E-state index is 13.9. The highest BCUT2D eigenvalue weighted by Gasteiger charge is 2.36. The first-order valence-electron chi connectivity index (χ1n) is 20.2. The Morgan fingerprint density at radius 3 is 2.17 bits per heavy atom. The van der Waals surface area contributed by atoms with Gasteiger partial charge in [0.2, 0.25) is 0 Å². The highest BCUT2D eigenvalue weighted by molar-refractivity contribution is 5.55. The molecule has 0 radical (unpaired) electrons. The van der Waals surface area contributed by atoms with Gasteiger partial charge in [0.25, 0.3) is 11.1 Å². The zero-order valence-electron chi connectivity index (χ0n) is 33.6. The van der Waals surface area contributed by atoms with E-state index in [4.69, 9.17) is 19.2 Å². The molecule has 54 heavy (non-hydrogen) atoms. The molecule has 3 aromatic heterocycles. The molecule has 6 rings (SSSR count). The third kappa shape index (κ3) is 9.32. The van der Waals surface area contributed by atoms with Gasteiger partial charge in [-0.2, -0.15) is 0 Å². The quantitative estimate of drug-likeness (QED) is 0.146. The van der Waals surface area contributed by atoms with Crippen LogP contribution in [0.4, 0.5) is 23.0 Å². The van der Waals surface area contributed by atoms with Gasteiger partial charge < -0.3 is 44.2 Å². The number of nitrogens with one attached hydrogen (secondary N) is 3. The van der Waals surface area contributed by atoms with Crippen LogP contribution in [-0.2, 0) is 20.8 Å². The van der Waals surface area contributed by atoms with Crippen LogP contribution < -0.4 is 32.0 Å². The zero-order valence-corrected chi connectivity index (χ0v) is 33.6. The van der Waals surface area contributed by atoms with Crippen LogP contribution in [0.5, 0.6) is 0 Å². The molecule has 3 N–H and O–H groups in total. The Bertz CT molecular complexity index is 1820. The van der Waals surface area contributed by atoms with Crippen molar-refractivity contribution in [2.45, 2.75) is 154 Å². The topological polar surface area (TPSA) is 124 Å². The van der Waals surface area contributed by atoms with E-state index in [-0.39, 0.29) is 65.7 Å². The highest BCUT2D eigenvalue weighted by Crippen LogP contribution is 2.39. The molecule has 2 aliphatic carbocycles. The molecule has 4 atom stereocenters. The lowest BCUT2D eigenvalue weighted by Gasteiger charge is -2.32. The molecule has 1 unspecified atom stereocenters. The molecule has 0 spiro atoms. The summed E-state index contributed by atoms with van der Waals surface area (Å²) in [6.07, 6.45) is 11.4. The Morgan fingerprint density at radius 2 is 1.48 bits per heavy atom. The third-order valence-corrected chi connectivity index (χ3v) is 11.1. The summed E-state index contributed by atoms with van der Waals surface area (Å²) in [5.74, 6) is 1.63. The maximum absolute atomic E-state index is 13.9. The molecule has 3 aliphatic rings. The van der Waals surface area contributed by atoms with Crippen molar-refractivity contribution < 1.29 is 14.2 Å². The van der Waals surface area contributed by atoms with Crippen molar-refractivity contribution in [1.29, 1.82) is 0 Å². The summed E-state index contributed by atoms with van der Waals surface area (Å²) < 4.78 is 22.2. The van der Waals surface area contributed by atoms with Gasteiger partial charge in [0.1, 0.15) is 23.0 Å². The summed E-state index contributed by atoms with van der Waals surface area (Å²) >= 11 is 0. The van der Waals surface area contributed by atoms with Crippen molar-refractivity contribution in [1.82, 2.24) is 14.1 Å². The van der Waals surface area contributed by atoms with Crippen LogP contribution in [0.1, 0.15) is 122 Å². The van der Waals surface area contributed by atoms with Gasteiger partial charge in [-0.15, -0.1) is 0 Å². The number of rotatable bonds is 15. The van der Waals surface area contributed by atoms with Gasteiger partial charge in [-0.1, -0.05) is 0 Å². The smallest absolute Gasteiger partial charge is 0.274 e. The van der Waals surface area contributed by atoms with E-state index in [9.17, 15) is 9.59 Å². The molecular formula is C42H63N7O5. The van der Waals surface area contributed by atoms with Gasteiger partial charge in [0.15, 0.2) is 0 Å². The molecule has 1 aliphatic heterocycles. The lowest BCUT2D eigenvalue weighted by Crippen LogP contribution is -2.33. The molecule has 3 fully saturated rings. The van der Waals surface area contributed by atoms with E-state index in [0.717, 1.165) is 74.1 Å². The fraction of sp³-hybridized carbons (Fsp3) is 0.643. The summed E-state index contributed by atoms with van der Waals surface area (Å²) in [7, 11) is 3.55. The molecular weight excluding hydrogens is 683 g/mol. The first-order chi connectivity index (χ1) is 25.9. The molecule has 3 aromatic rings. The van der Waals surface area contributed by atoms with E-state index in [1.165, 1.54) is 0 Å². The Balaban J connectivity index is 1.31. The van der Waals surface area contributed by atoms with Gasteiger partial charge in [0.05, 0.1) is 37.0 Å². The number of ether oxygens (including phenoxy) is 3. The largest absolute Gasteiger partial charge is 0.381 e. The summed E-state index contributed by atoms with van der Waals surface area (Å²) in [5, 5.41) is 10.3. The normalized spacial score (nSPS) is 24.5. The van der Waals surface area contributed by atoms with Gasteiger partial charge in [0, 0.05) is 57.3 Å². The fourth-order valence-electron chi connectivity index (χ4n) is 8.57. The highest BCUT2D eigenvalue weighted by atomic mass is 16.5. The minimum Gasteiger partial charge on any atom is -0.381 e. The molecule has 0 bridgehead atoms. The SMILES string of the molecule is CO[C@H]1CC(c2cc(NC(C)C)c(=O)n([C@H]3CC[C@H](OC)CC3)c2)N(c2cc(CO[C@H]3CCC[C@H]3n3cccc(NC(C)C)c3=O)cc(NC(C)C)n2)C1. The van der Waals surface area contributed by atoms with Gasteiger partial charge >= 0.3 is 0 Å². The number of hydrogen-bond acceptors (Lipinski definition) is 10. The second kappa shape index (κ2) is 17.7. The van der Waals surface area contributed by atoms with Crippen molar-refractivity contribution in [2.24, 2.45) is 0 Å². The third-order valence-electron chi connectivity index (χ3n) is 11.1. The summed E-state index contributed by atoms with van der Waals surface area (Å²) in [6.45, 7) is 13.5. The van der Waals surface area contributed by atoms with Gasteiger partial charge in [-0.3, -0.25) is 9.59 Å². The van der Waals surface area contributed by atoms with Crippen LogP contribution in [0, 0.1) is 0 Å². The van der Waals surface area contributed by atoms with Gasteiger partial charge in [-0.05, 0) is 134 Å². The molecule has 0 amide bonds.